The van der Waals surface area contributed by atoms with E-state index in [-0.39, 0.29) is 5.91 Å². The molecule has 3 nitrogen and oxygen atoms in total. The Hall–Kier alpha value is -0.170. The van der Waals surface area contributed by atoms with Crippen molar-refractivity contribution in [3.05, 3.63) is 28.5 Å². The first kappa shape index (κ1) is 10.9. The number of amides is 1. The molecule has 0 radical (unpaired) electrons. The molecule has 1 heterocycles. The van der Waals surface area contributed by atoms with Crippen LogP contribution in [0.3, 0.4) is 0 Å². The van der Waals surface area contributed by atoms with Crippen molar-refractivity contribution >= 4 is 44.4 Å². The number of pyridine rings is 1. The summed E-state index contributed by atoms with van der Waals surface area (Å²) in [5, 5.41) is 2.74. The van der Waals surface area contributed by atoms with E-state index in [0.29, 0.717) is 12.2 Å². The smallest absolute Gasteiger partial charge is 0.269 e. The lowest BCUT2D eigenvalue weighted by molar-refractivity contribution is 0.0951. The second kappa shape index (κ2) is 5.54. The molecule has 0 unspecified atom stereocenters. The van der Waals surface area contributed by atoms with Crippen molar-refractivity contribution in [3.63, 3.8) is 0 Å². The van der Waals surface area contributed by atoms with E-state index in [2.05, 4.69) is 48.8 Å². The number of nitrogens with one attached hydrogen (secondary N) is 1. The minimum absolute atomic E-state index is 0.121. The molecule has 1 N–H and O–H groups in total. The molecule has 0 aliphatic heterocycles. The highest BCUT2D eigenvalue weighted by atomic mass is 127. The van der Waals surface area contributed by atoms with Gasteiger partial charge in [0, 0.05) is 21.6 Å². The van der Waals surface area contributed by atoms with Gasteiger partial charge in [0.15, 0.2) is 0 Å². The van der Waals surface area contributed by atoms with Gasteiger partial charge in [0.2, 0.25) is 0 Å². The summed E-state index contributed by atoms with van der Waals surface area (Å²) in [6.45, 7) is 0.678. The predicted octanol–water partition coefficient (Wildman–Crippen LogP) is 2.01. The Bertz CT molecular complexity index is 289. The maximum absolute atomic E-state index is 11.3. The maximum atomic E-state index is 11.3. The van der Waals surface area contributed by atoms with Crippen LogP contribution in [0.5, 0.6) is 0 Å². The highest BCUT2D eigenvalue weighted by Gasteiger charge is 2.04. The number of hydrogen-bond acceptors (Lipinski definition) is 2. The molecule has 0 saturated heterocycles. The van der Waals surface area contributed by atoms with Crippen molar-refractivity contribution in [2.75, 3.05) is 11.0 Å². The SMILES string of the molecule is O=C(NCCI)c1ccc(Br)cn1. The second-order valence-electron chi connectivity index (χ2n) is 2.31. The van der Waals surface area contributed by atoms with Gasteiger partial charge in [0.1, 0.15) is 5.69 Å². The number of carbonyl (C=O) groups excluding carboxylic acids is 1. The largest absolute Gasteiger partial charge is 0.350 e. The van der Waals surface area contributed by atoms with Gasteiger partial charge in [-0.15, -0.1) is 0 Å². The topological polar surface area (TPSA) is 42.0 Å². The summed E-state index contributed by atoms with van der Waals surface area (Å²) in [5.74, 6) is -0.121. The Morgan fingerprint density at radius 2 is 2.38 bits per heavy atom. The van der Waals surface area contributed by atoms with Crippen LogP contribution >= 0.6 is 38.5 Å². The fraction of sp³-hybridized carbons (Fsp3) is 0.250. The molecule has 0 bridgehead atoms. The van der Waals surface area contributed by atoms with E-state index in [0.717, 1.165) is 8.90 Å². The van der Waals surface area contributed by atoms with Gasteiger partial charge < -0.3 is 5.32 Å². The fourth-order valence-corrected chi connectivity index (χ4v) is 1.27. The minimum Gasteiger partial charge on any atom is -0.350 e. The summed E-state index contributed by atoms with van der Waals surface area (Å²) in [6, 6.07) is 3.48. The molecule has 0 atom stereocenters. The lowest BCUT2D eigenvalue weighted by Gasteiger charge is -2.01. The Balaban J connectivity index is 2.61. The van der Waals surface area contributed by atoms with Gasteiger partial charge >= 0.3 is 0 Å². The second-order valence-corrected chi connectivity index (χ2v) is 4.30. The van der Waals surface area contributed by atoms with Crippen LogP contribution in [-0.2, 0) is 0 Å². The lowest BCUT2D eigenvalue weighted by Crippen LogP contribution is -2.25. The fourth-order valence-electron chi connectivity index (χ4n) is 0.761. The number of hydrogen-bond donors (Lipinski definition) is 1. The summed E-state index contributed by atoms with van der Waals surface area (Å²) in [5.41, 5.74) is 0.452. The van der Waals surface area contributed by atoms with E-state index in [1.165, 1.54) is 0 Å². The van der Waals surface area contributed by atoms with Crippen LogP contribution in [0.25, 0.3) is 0 Å². The third-order valence-electron chi connectivity index (χ3n) is 1.34. The summed E-state index contributed by atoms with van der Waals surface area (Å²) < 4.78 is 1.78. The van der Waals surface area contributed by atoms with Crippen molar-refractivity contribution in [3.8, 4) is 0 Å². The first-order chi connectivity index (χ1) is 6.24. The lowest BCUT2D eigenvalue weighted by atomic mass is 10.3. The van der Waals surface area contributed by atoms with Crippen molar-refractivity contribution < 1.29 is 4.79 Å². The molecule has 1 aromatic rings. The third kappa shape index (κ3) is 3.60. The van der Waals surface area contributed by atoms with Gasteiger partial charge in [-0.25, -0.2) is 4.98 Å². The number of nitrogens with zero attached hydrogens (tertiary/aromatic N) is 1. The van der Waals surface area contributed by atoms with Crippen LogP contribution in [0, 0.1) is 0 Å². The molecule has 0 aliphatic rings. The predicted molar refractivity (Wildman–Crippen MR) is 63.2 cm³/mol. The quantitative estimate of drug-likeness (QED) is 0.666. The van der Waals surface area contributed by atoms with Gasteiger partial charge in [-0.2, -0.15) is 0 Å². The van der Waals surface area contributed by atoms with Crippen LogP contribution in [0.15, 0.2) is 22.8 Å². The Labute approximate surface area is 98.6 Å². The third-order valence-corrected chi connectivity index (χ3v) is 2.35. The van der Waals surface area contributed by atoms with Crippen LogP contribution in [-0.4, -0.2) is 21.9 Å². The van der Waals surface area contributed by atoms with Crippen LogP contribution < -0.4 is 5.32 Å². The van der Waals surface area contributed by atoms with E-state index in [9.17, 15) is 4.79 Å². The molecule has 1 rings (SSSR count). The van der Waals surface area contributed by atoms with E-state index < -0.39 is 0 Å². The molecule has 1 amide bonds. The average molecular weight is 355 g/mol. The molecular formula is C8H8BrIN2O. The van der Waals surface area contributed by atoms with Gasteiger partial charge in [0.25, 0.3) is 5.91 Å². The van der Waals surface area contributed by atoms with Gasteiger partial charge in [-0.1, -0.05) is 22.6 Å². The van der Waals surface area contributed by atoms with Gasteiger partial charge in [0.05, 0.1) is 0 Å². The summed E-state index contributed by atoms with van der Waals surface area (Å²) in [7, 11) is 0. The molecule has 1 aromatic heterocycles. The van der Waals surface area contributed by atoms with Crippen LogP contribution in [0.4, 0.5) is 0 Å². The van der Waals surface area contributed by atoms with Crippen molar-refractivity contribution in [1.82, 2.24) is 10.3 Å². The maximum Gasteiger partial charge on any atom is 0.269 e. The molecule has 0 saturated carbocycles. The normalized spacial score (nSPS) is 9.69. The van der Waals surface area contributed by atoms with Gasteiger partial charge in [-0.05, 0) is 28.1 Å². The Kier molecular flexibility index (Phi) is 4.65. The van der Waals surface area contributed by atoms with Crippen LogP contribution in [0.2, 0.25) is 0 Å². The molecule has 0 spiro atoms. The number of aromatic nitrogens is 1. The van der Waals surface area contributed by atoms with Crippen molar-refractivity contribution in [1.29, 1.82) is 0 Å². The Morgan fingerprint density at radius 1 is 1.62 bits per heavy atom. The van der Waals surface area contributed by atoms with E-state index in [1.54, 1.807) is 18.3 Å². The molecule has 0 aromatic carbocycles. The highest BCUT2D eigenvalue weighted by Crippen LogP contribution is 2.06. The summed E-state index contributed by atoms with van der Waals surface area (Å²) >= 11 is 5.45. The average Bonchev–Trinajstić information content (AvgIpc) is 2.15. The van der Waals surface area contributed by atoms with Crippen molar-refractivity contribution in [2.45, 2.75) is 0 Å². The monoisotopic (exact) mass is 354 g/mol. The van der Waals surface area contributed by atoms with Gasteiger partial charge in [-0.3, -0.25) is 4.79 Å². The molecule has 70 valence electrons. The number of alkyl halides is 1. The zero-order chi connectivity index (χ0) is 9.68. The minimum atomic E-state index is -0.121. The highest BCUT2D eigenvalue weighted by molar-refractivity contribution is 14.1. The summed E-state index contributed by atoms with van der Waals surface area (Å²) in [4.78, 5) is 15.3. The summed E-state index contributed by atoms with van der Waals surface area (Å²) in [6.07, 6.45) is 1.61. The molecule has 5 heteroatoms. The molecule has 13 heavy (non-hydrogen) atoms. The van der Waals surface area contributed by atoms with Crippen molar-refractivity contribution in [2.24, 2.45) is 0 Å². The standard InChI is InChI=1S/C8H8BrIN2O/c9-6-1-2-7(12-5-6)8(13)11-4-3-10/h1-2,5H,3-4H2,(H,11,13). The first-order valence-electron chi connectivity index (χ1n) is 3.70. The molecular weight excluding hydrogens is 347 g/mol. The van der Waals surface area contributed by atoms with E-state index >= 15 is 0 Å². The van der Waals surface area contributed by atoms with Crippen LogP contribution in [0.1, 0.15) is 10.5 Å². The number of halogens is 2. The molecule has 0 aliphatic carbocycles. The number of carbonyl (C=O) groups is 1. The zero-order valence-electron chi connectivity index (χ0n) is 6.76. The Morgan fingerprint density at radius 3 is 2.92 bits per heavy atom. The number of rotatable bonds is 3. The zero-order valence-corrected chi connectivity index (χ0v) is 10.5. The van der Waals surface area contributed by atoms with E-state index in [4.69, 9.17) is 0 Å². The van der Waals surface area contributed by atoms with E-state index in [1.807, 2.05) is 0 Å². The molecule has 0 fully saturated rings. The first-order valence-corrected chi connectivity index (χ1v) is 6.01.